The quantitative estimate of drug-likeness (QED) is 0.673. The van der Waals surface area contributed by atoms with Crippen LogP contribution in [0.2, 0.25) is 0 Å². The van der Waals surface area contributed by atoms with Crippen LogP contribution < -0.4 is 0 Å². The summed E-state index contributed by atoms with van der Waals surface area (Å²) in [6.07, 6.45) is 16.3. The average Bonchev–Trinajstić information content (AvgIpc) is 3.07. The van der Waals surface area contributed by atoms with Crippen LogP contribution >= 0.6 is 0 Å². The van der Waals surface area contributed by atoms with Crippen molar-refractivity contribution >= 4 is 5.78 Å². The van der Waals surface area contributed by atoms with Gasteiger partial charge >= 0.3 is 0 Å². The maximum absolute atomic E-state index is 12.2. The number of aliphatic hydroxyl groups is 1. The van der Waals surface area contributed by atoms with E-state index in [1.54, 1.807) is 5.70 Å². The molecule has 0 aromatic carbocycles. The van der Waals surface area contributed by atoms with Gasteiger partial charge < -0.3 is 10.0 Å². The fourth-order valence-corrected chi connectivity index (χ4v) is 8.24. The van der Waals surface area contributed by atoms with Gasteiger partial charge in [-0.2, -0.15) is 0 Å². The minimum atomic E-state index is 0.208. The van der Waals surface area contributed by atoms with Crippen molar-refractivity contribution in [2.75, 3.05) is 19.7 Å². The van der Waals surface area contributed by atoms with E-state index in [-0.39, 0.29) is 12.0 Å². The Bertz CT molecular complexity index is 733. The first kappa shape index (κ1) is 19.8. The van der Waals surface area contributed by atoms with E-state index in [4.69, 9.17) is 0 Å². The third-order valence-electron chi connectivity index (χ3n) is 9.80. The molecule has 0 aromatic heterocycles. The van der Waals surface area contributed by atoms with Gasteiger partial charge in [0.25, 0.3) is 0 Å². The number of piperidine rings is 1. The zero-order valence-corrected chi connectivity index (χ0v) is 18.5. The van der Waals surface area contributed by atoms with Gasteiger partial charge in [-0.1, -0.05) is 31.6 Å². The molecule has 6 atom stereocenters. The molecule has 4 aliphatic carbocycles. The highest BCUT2D eigenvalue weighted by Gasteiger charge is 2.59. The highest BCUT2D eigenvalue weighted by atomic mass is 16.3. The van der Waals surface area contributed by atoms with Gasteiger partial charge in [-0.05, 0) is 80.5 Å². The number of likely N-dealkylation sites (tertiary alicyclic amines) is 1. The van der Waals surface area contributed by atoms with Gasteiger partial charge in [0, 0.05) is 43.7 Å². The first-order valence-electron chi connectivity index (χ1n) is 12.3. The Labute approximate surface area is 176 Å². The predicted molar refractivity (Wildman–Crippen MR) is 116 cm³/mol. The predicted octanol–water partition coefficient (Wildman–Crippen LogP) is 5.11. The number of Topliss-reactive ketones (excluding diaryl/α,β-unsaturated/α-hetero) is 1. The number of carbonyl (C=O) groups is 1. The van der Waals surface area contributed by atoms with E-state index >= 15 is 0 Å². The van der Waals surface area contributed by atoms with E-state index in [9.17, 15) is 9.90 Å². The molecule has 0 bridgehead atoms. The lowest BCUT2D eigenvalue weighted by Crippen LogP contribution is -2.53. The van der Waals surface area contributed by atoms with Crippen molar-refractivity contribution in [2.45, 2.75) is 78.1 Å². The van der Waals surface area contributed by atoms with Gasteiger partial charge in [-0.3, -0.25) is 4.79 Å². The van der Waals surface area contributed by atoms with E-state index in [1.165, 1.54) is 57.2 Å². The Kier molecular flexibility index (Phi) is 4.96. The maximum atomic E-state index is 12.2. The second kappa shape index (κ2) is 7.25. The van der Waals surface area contributed by atoms with Gasteiger partial charge in [0.15, 0.2) is 0 Å². The molecule has 1 heterocycles. The highest BCUT2D eigenvalue weighted by Crippen LogP contribution is 2.66. The Hall–Kier alpha value is -1.09. The van der Waals surface area contributed by atoms with Crippen LogP contribution in [-0.4, -0.2) is 35.5 Å². The molecule has 0 radical (unpaired) electrons. The summed E-state index contributed by atoms with van der Waals surface area (Å²) in [6, 6.07) is 0. The molecule has 3 heteroatoms. The molecule has 0 spiro atoms. The largest absolute Gasteiger partial charge is 0.396 e. The summed E-state index contributed by atoms with van der Waals surface area (Å²) in [6.45, 7) is 7.77. The summed E-state index contributed by atoms with van der Waals surface area (Å²) in [5.74, 6) is 2.89. The van der Waals surface area contributed by atoms with Crippen LogP contribution in [0.15, 0.2) is 23.4 Å². The lowest BCUT2D eigenvalue weighted by atomic mass is 9.45. The van der Waals surface area contributed by atoms with E-state index in [2.05, 4.69) is 30.9 Å². The molecule has 1 saturated heterocycles. The number of rotatable bonds is 3. The minimum Gasteiger partial charge on any atom is -0.396 e. The molecule has 1 aliphatic heterocycles. The van der Waals surface area contributed by atoms with Crippen molar-refractivity contribution in [3.05, 3.63) is 23.4 Å². The molecule has 0 aromatic rings. The summed E-state index contributed by atoms with van der Waals surface area (Å²) >= 11 is 0. The van der Waals surface area contributed by atoms with Gasteiger partial charge in [0.1, 0.15) is 5.78 Å². The lowest BCUT2D eigenvalue weighted by Gasteiger charge is -2.60. The highest BCUT2D eigenvalue weighted by molar-refractivity contribution is 5.82. The summed E-state index contributed by atoms with van der Waals surface area (Å²) in [5.41, 5.74) is 3.58. The fraction of sp³-hybridized carbons (Fsp3) is 0.808. The van der Waals surface area contributed by atoms with Crippen LogP contribution in [-0.2, 0) is 4.79 Å². The summed E-state index contributed by atoms with van der Waals surface area (Å²) in [7, 11) is 0. The van der Waals surface area contributed by atoms with Crippen LogP contribution in [0.25, 0.3) is 0 Å². The topological polar surface area (TPSA) is 40.5 Å². The van der Waals surface area contributed by atoms with E-state index in [0.29, 0.717) is 41.3 Å². The van der Waals surface area contributed by atoms with E-state index in [1.807, 2.05) is 0 Å². The molecule has 3 nitrogen and oxygen atoms in total. The molecular weight excluding hydrogens is 358 g/mol. The van der Waals surface area contributed by atoms with E-state index in [0.717, 1.165) is 19.3 Å². The number of hydrogen-bond donors (Lipinski definition) is 1. The number of hydrogen-bond acceptors (Lipinski definition) is 3. The van der Waals surface area contributed by atoms with Crippen molar-refractivity contribution in [2.24, 2.45) is 34.5 Å². The van der Waals surface area contributed by atoms with Crippen molar-refractivity contribution in [1.82, 2.24) is 4.90 Å². The first-order valence-corrected chi connectivity index (χ1v) is 12.3. The molecule has 0 amide bonds. The second-order valence-corrected chi connectivity index (χ2v) is 11.1. The lowest BCUT2D eigenvalue weighted by molar-refractivity contribution is -0.122. The van der Waals surface area contributed by atoms with Crippen molar-refractivity contribution in [1.29, 1.82) is 0 Å². The molecule has 0 unspecified atom stereocenters. The molecule has 1 N–H and O–H groups in total. The van der Waals surface area contributed by atoms with Crippen molar-refractivity contribution < 1.29 is 9.90 Å². The molecule has 160 valence electrons. The number of fused-ring (bicyclic) bond motifs is 5. The zero-order chi connectivity index (χ0) is 20.2. The third-order valence-corrected chi connectivity index (χ3v) is 9.80. The van der Waals surface area contributed by atoms with Gasteiger partial charge in [-0.15, -0.1) is 0 Å². The zero-order valence-electron chi connectivity index (χ0n) is 18.5. The summed E-state index contributed by atoms with van der Waals surface area (Å²) < 4.78 is 0. The standard InChI is InChI=1S/C26H39NO2/c1-25-11-8-20(29)17-19(25)16-18(10-15-28)24-21-6-7-23(27-13-4-3-5-14-27)26(21,2)12-9-22(24)25/h7,16,18,21-22,24,28H,3-6,8-15,17H2,1-2H3/t18-,21+,22+,24+,25+,26+/m1/s1. The Balaban J connectivity index is 1.49. The monoisotopic (exact) mass is 397 g/mol. The van der Waals surface area contributed by atoms with Crippen LogP contribution in [0.4, 0.5) is 0 Å². The summed E-state index contributed by atoms with van der Waals surface area (Å²) in [5, 5.41) is 9.86. The number of allylic oxidation sites excluding steroid dienone is 4. The number of carbonyl (C=O) groups excluding carboxylic acids is 1. The van der Waals surface area contributed by atoms with Crippen LogP contribution in [0.3, 0.4) is 0 Å². The molecule has 5 aliphatic rings. The average molecular weight is 398 g/mol. The maximum Gasteiger partial charge on any atom is 0.136 e. The van der Waals surface area contributed by atoms with Gasteiger partial charge in [0.2, 0.25) is 0 Å². The van der Waals surface area contributed by atoms with Crippen molar-refractivity contribution in [3.63, 3.8) is 0 Å². The smallest absolute Gasteiger partial charge is 0.136 e. The number of aliphatic hydroxyl groups excluding tert-OH is 1. The molecule has 5 rings (SSSR count). The minimum absolute atomic E-state index is 0.208. The third kappa shape index (κ3) is 2.98. The fourth-order valence-electron chi connectivity index (χ4n) is 8.24. The van der Waals surface area contributed by atoms with Crippen LogP contribution in [0.5, 0.6) is 0 Å². The Morgan fingerprint density at radius 2 is 1.90 bits per heavy atom. The van der Waals surface area contributed by atoms with E-state index < -0.39 is 0 Å². The Morgan fingerprint density at radius 3 is 2.66 bits per heavy atom. The Morgan fingerprint density at radius 1 is 1.10 bits per heavy atom. The van der Waals surface area contributed by atoms with Crippen LogP contribution in [0.1, 0.15) is 78.1 Å². The SMILES string of the molecule is C[C@]12CCC(=O)CC1=C[C@@H](CCO)[C@@H]1[C@@H]2CC[C@]2(C)C(N3CCCCC3)=CC[C@@H]12. The molecule has 29 heavy (non-hydrogen) atoms. The number of nitrogens with zero attached hydrogens (tertiary/aromatic N) is 1. The normalized spacial score (nSPS) is 44.5. The first-order chi connectivity index (χ1) is 14.0. The van der Waals surface area contributed by atoms with Gasteiger partial charge in [0.05, 0.1) is 0 Å². The number of ketones is 1. The van der Waals surface area contributed by atoms with Gasteiger partial charge in [-0.25, -0.2) is 0 Å². The molecular formula is C26H39NO2. The summed E-state index contributed by atoms with van der Waals surface area (Å²) in [4.78, 5) is 15.0. The van der Waals surface area contributed by atoms with Crippen LogP contribution in [0, 0.1) is 34.5 Å². The second-order valence-electron chi connectivity index (χ2n) is 11.1. The molecule has 2 saturated carbocycles. The van der Waals surface area contributed by atoms with Crippen molar-refractivity contribution in [3.8, 4) is 0 Å². The molecule has 3 fully saturated rings.